The lowest BCUT2D eigenvalue weighted by molar-refractivity contribution is 0.280. The number of anilines is 1. The summed E-state index contributed by atoms with van der Waals surface area (Å²) in [6.45, 7) is 0.900. The van der Waals surface area contributed by atoms with Gasteiger partial charge in [0.1, 0.15) is 5.82 Å². The summed E-state index contributed by atoms with van der Waals surface area (Å²) < 4.78 is 12.8. The van der Waals surface area contributed by atoms with E-state index in [0.717, 1.165) is 25.1 Å². The highest BCUT2D eigenvalue weighted by Gasteiger charge is 2.25. The molecule has 0 bridgehead atoms. The van der Waals surface area contributed by atoms with Gasteiger partial charge in [-0.1, -0.05) is 6.07 Å². The maximum Gasteiger partial charge on any atom is 0.125 e. The van der Waals surface area contributed by atoms with Crippen molar-refractivity contribution in [3.63, 3.8) is 0 Å². The van der Waals surface area contributed by atoms with Crippen molar-refractivity contribution >= 4 is 5.69 Å². The number of benzene rings is 1. The Kier molecular flexibility index (Phi) is 2.68. The molecule has 0 heterocycles. The SMILES string of the molecule is NC1CC(CNc2cccc(F)c2)C1. The van der Waals surface area contributed by atoms with Crippen molar-refractivity contribution in [3.8, 4) is 0 Å². The third-order valence-electron chi connectivity index (χ3n) is 2.69. The van der Waals surface area contributed by atoms with Gasteiger partial charge in [-0.15, -0.1) is 0 Å². The van der Waals surface area contributed by atoms with E-state index in [1.54, 1.807) is 6.07 Å². The van der Waals surface area contributed by atoms with E-state index in [9.17, 15) is 4.39 Å². The maximum absolute atomic E-state index is 12.8. The van der Waals surface area contributed by atoms with Crippen molar-refractivity contribution in [1.82, 2.24) is 0 Å². The van der Waals surface area contributed by atoms with E-state index >= 15 is 0 Å². The fourth-order valence-electron chi connectivity index (χ4n) is 1.81. The van der Waals surface area contributed by atoms with Gasteiger partial charge < -0.3 is 11.1 Å². The number of rotatable bonds is 3. The van der Waals surface area contributed by atoms with Gasteiger partial charge in [0.05, 0.1) is 0 Å². The number of hydrogen-bond donors (Lipinski definition) is 2. The summed E-state index contributed by atoms with van der Waals surface area (Å²) >= 11 is 0. The van der Waals surface area contributed by atoms with E-state index in [1.807, 2.05) is 6.07 Å². The van der Waals surface area contributed by atoms with Crippen LogP contribution in [0.4, 0.5) is 10.1 Å². The minimum atomic E-state index is -0.194. The molecule has 3 N–H and O–H groups in total. The van der Waals surface area contributed by atoms with E-state index in [2.05, 4.69) is 5.32 Å². The van der Waals surface area contributed by atoms with Crippen LogP contribution < -0.4 is 11.1 Å². The molecule has 1 aliphatic carbocycles. The first-order valence-electron chi connectivity index (χ1n) is 4.99. The highest BCUT2D eigenvalue weighted by atomic mass is 19.1. The van der Waals surface area contributed by atoms with Gasteiger partial charge in [-0.3, -0.25) is 0 Å². The minimum Gasteiger partial charge on any atom is -0.385 e. The highest BCUT2D eigenvalue weighted by molar-refractivity contribution is 5.43. The summed E-state index contributed by atoms with van der Waals surface area (Å²) in [5.74, 6) is 0.466. The molecule has 2 rings (SSSR count). The summed E-state index contributed by atoms with van der Waals surface area (Å²) in [5.41, 5.74) is 6.53. The molecule has 1 aliphatic rings. The lowest BCUT2D eigenvalue weighted by Gasteiger charge is -2.32. The molecule has 3 heteroatoms. The molecule has 0 aromatic heterocycles. The first-order chi connectivity index (χ1) is 6.74. The monoisotopic (exact) mass is 194 g/mol. The average molecular weight is 194 g/mol. The van der Waals surface area contributed by atoms with E-state index in [0.29, 0.717) is 12.0 Å². The topological polar surface area (TPSA) is 38.0 Å². The second-order valence-corrected chi connectivity index (χ2v) is 3.99. The molecule has 0 radical (unpaired) electrons. The van der Waals surface area contributed by atoms with Gasteiger partial charge in [0.2, 0.25) is 0 Å². The number of halogens is 1. The van der Waals surface area contributed by atoms with Crippen LogP contribution in [-0.2, 0) is 0 Å². The lowest BCUT2D eigenvalue weighted by Crippen LogP contribution is -2.39. The number of nitrogens with one attached hydrogen (secondary N) is 1. The van der Waals surface area contributed by atoms with Crippen LogP contribution in [0.15, 0.2) is 24.3 Å². The molecule has 1 fully saturated rings. The molecule has 14 heavy (non-hydrogen) atoms. The number of hydrogen-bond acceptors (Lipinski definition) is 2. The van der Waals surface area contributed by atoms with E-state index in [-0.39, 0.29) is 5.82 Å². The van der Waals surface area contributed by atoms with Crippen LogP contribution in [0.1, 0.15) is 12.8 Å². The first-order valence-corrected chi connectivity index (χ1v) is 4.99. The van der Waals surface area contributed by atoms with Crippen molar-refractivity contribution in [2.24, 2.45) is 11.7 Å². The molecule has 0 aliphatic heterocycles. The second-order valence-electron chi connectivity index (χ2n) is 3.99. The first kappa shape index (κ1) is 9.46. The quantitative estimate of drug-likeness (QED) is 0.772. The summed E-state index contributed by atoms with van der Waals surface area (Å²) in [4.78, 5) is 0. The molecule has 1 saturated carbocycles. The zero-order valence-electron chi connectivity index (χ0n) is 8.04. The summed E-state index contributed by atoms with van der Waals surface area (Å²) in [5, 5.41) is 3.21. The standard InChI is InChI=1S/C11H15FN2/c12-9-2-1-3-11(6-9)14-7-8-4-10(13)5-8/h1-3,6,8,10,14H,4-5,7,13H2. The smallest absolute Gasteiger partial charge is 0.125 e. The molecule has 0 amide bonds. The highest BCUT2D eigenvalue weighted by Crippen LogP contribution is 2.25. The van der Waals surface area contributed by atoms with E-state index in [1.165, 1.54) is 12.1 Å². The van der Waals surface area contributed by atoms with Crippen molar-refractivity contribution in [1.29, 1.82) is 0 Å². The Morgan fingerprint density at radius 2 is 2.21 bits per heavy atom. The Hall–Kier alpha value is -1.09. The molecule has 2 nitrogen and oxygen atoms in total. The third-order valence-corrected chi connectivity index (χ3v) is 2.69. The molecular formula is C11H15FN2. The molecule has 0 spiro atoms. The maximum atomic E-state index is 12.8. The molecule has 76 valence electrons. The van der Waals surface area contributed by atoms with Crippen molar-refractivity contribution in [2.75, 3.05) is 11.9 Å². The molecule has 0 saturated heterocycles. The van der Waals surface area contributed by atoms with Crippen molar-refractivity contribution in [2.45, 2.75) is 18.9 Å². The Morgan fingerprint density at radius 1 is 1.43 bits per heavy atom. The summed E-state index contributed by atoms with van der Waals surface area (Å²) in [6.07, 6.45) is 2.17. The zero-order chi connectivity index (χ0) is 9.97. The summed E-state index contributed by atoms with van der Waals surface area (Å²) in [7, 11) is 0. The van der Waals surface area contributed by atoms with Crippen LogP contribution in [0.5, 0.6) is 0 Å². The average Bonchev–Trinajstić information content (AvgIpc) is 2.11. The van der Waals surface area contributed by atoms with Crippen LogP contribution in [0, 0.1) is 11.7 Å². The van der Waals surface area contributed by atoms with E-state index < -0.39 is 0 Å². The van der Waals surface area contributed by atoms with Crippen LogP contribution >= 0.6 is 0 Å². The van der Waals surface area contributed by atoms with Crippen LogP contribution in [0.2, 0.25) is 0 Å². The van der Waals surface area contributed by atoms with Crippen LogP contribution in [0.25, 0.3) is 0 Å². The Bertz CT molecular complexity index is 308. The van der Waals surface area contributed by atoms with Crippen molar-refractivity contribution < 1.29 is 4.39 Å². The van der Waals surface area contributed by atoms with Gasteiger partial charge in [0.15, 0.2) is 0 Å². The van der Waals surface area contributed by atoms with Gasteiger partial charge in [0, 0.05) is 18.3 Å². The summed E-state index contributed by atoms with van der Waals surface area (Å²) in [6, 6.07) is 6.93. The third kappa shape index (κ3) is 2.23. The van der Waals surface area contributed by atoms with Crippen LogP contribution in [0.3, 0.4) is 0 Å². The zero-order valence-corrected chi connectivity index (χ0v) is 8.04. The Balaban J connectivity index is 1.80. The normalized spacial score (nSPS) is 25.6. The Morgan fingerprint density at radius 3 is 2.86 bits per heavy atom. The van der Waals surface area contributed by atoms with Gasteiger partial charge in [-0.2, -0.15) is 0 Å². The predicted octanol–water partition coefficient (Wildman–Crippen LogP) is 1.97. The lowest BCUT2D eigenvalue weighted by atomic mass is 9.81. The fourth-order valence-corrected chi connectivity index (χ4v) is 1.81. The fraction of sp³-hybridized carbons (Fsp3) is 0.455. The molecule has 1 aromatic carbocycles. The molecule has 0 unspecified atom stereocenters. The van der Waals surface area contributed by atoms with E-state index in [4.69, 9.17) is 5.73 Å². The molecule has 0 atom stereocenters. The van der Waals surface area contributed by atoms with Crippen molar-refractivity contribution in [3.05, 3.63) is 30.1 Å². The second kappa shape index (κ2) is 3.96. The van der Waals surface area contributed by atoms with Gasteiger partial charge in [-0.05, 0) is 37.0 Å². The van der Waals surface area contributed by atoms with Crippen LogP contribution in [-0.4, -0.2) is 12.6 Å². The molecular weight excluding hydrogens is 179 g/mol. The Labute approximate surface area is 83.3 Å². The predicted molar refractivity (Wildman–Crippen MR) is 55.6 cm³/mol. The minimum absolute atomic E-state index is 0.194. The molecule has 1 aromatic rings. The van der Waals surface area contributed by atoms with Gasteiger partial charge in [-0.25, -0.2) is 4.39 Å². The largest absolute Gasteiger partial charge is 0.385 e. The van der Waals surface area contributed by atoms with Gasteiger partial charge in [0.25, 0.3) is 0 Å². The van der Waals surface area contributed by atoms with Gasteiger partial charge >= 0.3 is 0 Å². The number of nitrogens with two attached hydrogens (primary N) is 1.